The fourth-order valence-electron chi connectivity index (χ4n) is 2.75. The summed E-state index contributed by atoms with van der Waals surface area (Å²) in [5.41, 5.74) is 2.23. The van der Waals surface area contributed by atoms with E-state index in [4.69, 9.17) is 19.9 Å². The molecule has 0 aliphatic rings. The molecule has 0 heterocycles. The van der Waals surface area contributed by atoms with Gasteiger partial charge in [0.05, 0.1) is 19.8 Å². The number of aliphatic hydroxyl groups is 2. The van der Waals surface area contributed by atoms with Gasteiger partial charge in [0.2, 0.25) is 0 Å². The fourth-order valence-corrected chi connectivity index (χ4v) is 2.75. The fraction of sp³-hybridized carbons (Fsp3) is 1.00. The number of nitrogens with two attached hydrogens (primary N) is 1. The van der Waals surface area contributed by atoms with Crippen LogP contribution in [0, 0.1) is 0 Å². The van der Waals surface area contributed by atoms with Crippen molar-refractivity contribution in [2.75, 3.05) is 66.8 Å². The van der Waals surface area contributed by atoms with Crippen LogP contribution in [0.5, 0.6) is 0 Å². The number of aliphatic hydroxyl groups excluding tert-OH is 1. The van der Waals surface area contributed by atoms with Crippen molar-refractivity contribution in [1.82, 2.24) is 10.6 Å². The van der Waals surface area contributed by atoms with E-state index in [1.54, 1.807) is 28.1 Å². The number of methoxy groups -OCH3 is 2. The van der Waals surface area contributed by atoms with Gasteiger partial charge in [0.15, 0.2) is 0 Å². The van der Waals surface area contributed by atoms with E-state index in [0.717, 1.165) is 32.5 Å². The third-order valence-corrected chi connectivity index (χ3v) is 4.55. The Morgan fingerprint density at radius 3 is 2.04 bits per heavy atom. The van der Waals surface area contributed by atoms with Crippen LogP contribution in [0.2, 0.25) is 0 Å². The predicted molar refractivity (Wildman–Crippen MR) is 103 cm³/mol. The van der Waals surface area contributed by atoms with Gasteiger partial charge in [-0.25, -0.2) is 0 Å². The van der Waals surface area contributed by atoms with Crippen molar-refractivity contribution in [3.05, 3.63) is 0 Å². The normalized spacial score (nSPS) is 18.9. The minimum absolute atomic E-state index is 0.144. The summed E-state index contributed by atoms with van der Waals surface area (Å²) in [5, 5.41) is 26.9. The first-order chi connectivity index (χ1) is 12.2. The number of rotatable bonds is 17. The summed E-state index contributed by atoms with van der Waals surface area (Å²) in [4.78, 5) is 0. The number of nitrogens with one attached hydrogen (secondary N) is 2. The molecule has 0 aromatic carbocycles. The lowest BCUT2D eigenvalue weighted by Gasteiger charge is -2.46. The highest BCUT2D eigenvalue weighted by Crippen LogP contribution is 2.31. The van der Waals surface area contributed by atoms with Gasteiger partial charge in [-0.2, -0.15) is 0 Å². The monoisotopic (exact) mass is 379 g/mol. The molecule has 8 heteroatoms. The maximum absolute atomic E-state index is 10.6. The zero-order chi connectivity index (χ0) is 20.1. The molecular formula is C18H41N3O5. The van der Waals surface area contributed by atoms with E-state index in [0.29, 0.717) is 19.7 Å². The first-order valence-corrected chi connectivity index (χ1v) is 9.33. The second-order valence-corrected chi connectivity index (χ2v) is 7.50. The lowest BCUT2D eigenvalue weighted by atomic mass is 9.86. The second kappa shape index (κ2) is 13.0. The summed E-state index contributed by atoms with van der Waals surface area (Å²) >= 11 is 0. The lowest BCUT2D eigenvalue weighted by molar-refractivity contribution is -0.255. The highest BCUT2D eigenvalue weighted by molar-refractivity contribution is 4.98. The van der Waals surface area contributed by atoms with E-state index in [1.807, 2.05) is 6.92 Å². The molecule has 0 rings (SSSR count). The predicted octanol–water partition coefficient (Wildman–Crippen LogP) is -0.525. The van der Waals surface area contributed by atoms with Gasteiger partial charge in [-0.15, -0.1) is 0 Å². The van der Waals surface area contributed by atoms with E-state index in [1.165, 1.54) is 0 Å². The lowest BCUT2D eigenvalue weighted by Crippen LogP contribution is -2.62. The van der Waals surface area contributed by atoms with Gasteiger partial charge in [-0.05, 0) is 59.8 Å². The molecule has 6 N–H and O–H groups in total. The van der Waals surface area contributed by atoms with Gasteiger partial charge >= 0.3 is 0 Å². The average Bonchev–Trinajstić information content (AvgIpc) is 2.57. The SMILES string of the molecule is COCC(C)(CNCCCNCCCN)OC(C)(COC)C(C)(O)CO. The van der Waals surface area contributed by atoms with Gasteiger partial charge < -0.3 is 40.8 Å². The van der Waals surface area contributed by atoms with Crippen LogP contribution in [0.15, 0.2) is 0 Å². The molecule has 0 aromatic rings. The van der Waals surface area contributed by atoms with E-state index in [9.17, 15) is 10.2 Å². The Morgan fingerprint density at radius 2 is 1.50 bits per heavy atom. The Morgan fingerprint density at radius 1 is 0.923 bits per heavy atom. The van der Waals surface area contributed by atoms with Gasteiger partial charge in [-0.3, -0.25) is 0 Å². The van der Waals surface area contributed by atoms with Crippen molar-refractivity contribution in [3.8, 4) is 0 Å². The Kier molecular flexibility index (Phi) is 12.8. The van der Waals surface area contributed by atoms with Crippen molar-refractivity contribution in [2.24, 2.45) is 5.73 Å². The standard InChI is InChI=1S/C18H41N3O5/c1-16(14-24-4,12-21-11-7-10-20-9-6-8-19)26-18(3,15-25-5)17(2,23)13-22/h20-23H,6-15,19H2,1-5H3. The highest BCUT2D eigenvalue weighted by atomic mass is 16.6. The molecular weight excluding hydrogens is 338 g/mol. The van der Waals surface area contributed by atoms with Crippen molar-refractivity contribution in [3.63, 3.8) is 0 Å². The van der Waals surface area contributed by atoms with Gasteiger partial charge in [0.25, 0.3) is 0 Å². The van der Waals surface area contributed by atoms with Crippen LogP contribution >= 0.6 is 0 Å². The second-order valence-electron chi connectivity index (χ2n) is 7.50. The van der Waals surface area contributed by atoms with E-state index in [-0.39, 0.29) is 6.61 Å². The Hall–Kier alpha value is -0.320. The molecule has 0 aliphatic carbocycles. The van der Waals surface area contributed by atoms with E-state index >= 15 is 0 Å². The summed E-state index contributed by atoms with van der Waals surface area (Å²) in [6, 6.07) is 0. The molecule has 0 saturated carbocycles. The van der Waals surface area contributed by atoms with Crippen LogP contribution in [0.3, 0.4) is 0 Å². The summed E-state index contributed by atoms with van der Waals surface area (Å²) in [7, 11) is 3.15. The molecule has 3 atom stereocenters. The molecule has 0 aromatic heterocycles. The van der Waals surface area contributed by atoms with Crippen LogP contribution in [-0.2, 0) is 14.2 Å². The van der Waals surface area contributed by atoms with Crippen LogP contribution < -0.4 is 16.4 Å². The van der Waals surface area contributed by atoms with Crippen molar-refractivity contribution in [2.45, 2.75) is 50.4 Å². The highest BCUT2D eigenvalue weighted by Gasteiger charge is 2.48. The largest absolute Gasteiger partial charge is 0.393 e. The molecule has 0 fully saturated rings. The van der Waals surface area contributed by atoms with Gasteiger partial charge in [0, 0.05) is 20.8 Å². The molecule has 158 valence electrons. The molecule has 8 nitrogen and oxygen atoms in total. The van der Waals surface area contributed by atoms with Crippen LogP contribution in [-0.4, -0.2) is 93.8 Å². The van der Waals surface area contributed by atoms with Crippen molar-refractivity contribution < 1.29 is 24.4 Å². The van der Waals surface area contributed by atoms with Crippen LogP contribution in [0.1, 0.15) is 33.6 Å². The number of hydrogen-bond acceptors (Lipinski definition) is 8. The Bertz CT molecular complexity index is 360. The minimum Gasteiger partial charge on any atom is -0.393 e. The van der Waals surface area contributed by atoms with Crippen molar-refractivity contribution in [1.29, 1.82) is 0 Å². The molecule has 0 amide bonds. The van der Waals surface area contributed by atoms with E-state index < -0.39 is 23.4 Å². The first-order valence-electron chi connectivity index (χ1n) is 9.33. The maximum Gasteiger partial charge on any atom is 0.120 e. The third kappa shape index (κ3) is 9.05. The summed E-state index contributed by atoms with van der Waals surface area (Å²) in [6.07, 6.45) is 1.97. The average molecular weight is 380 g/mol. The van der Waals surface area contributed by atoms with Gasteiger partial charge in [0.1, 0.15) is 16.8 Å². The minimum atomic E-state index is -1.45. The molecule has 0 saturated heterocycles. The molecule has 0 spiro atoms. The summed E-state index contributed by atoms with van der Waals surface area (Å²) in [5.74, 6) is 0. The Labute approximate surface area is 158 Å². The molecule has 0 aliphatic heterocycles. The Balaban J connectivity index is 4.65. The van der Waals surface area contributed by atoms with E-state index in [2.05, 4.69) is 10.6 Å². The molecule has 0 bridgehead atoms. The quantitative estimate of drug-likeness (QED) is 0.214. The van der Waals surface area contributed by atoms with Gasteiger partial charge in [-0.1, -0.05) is 0 Å². The van der Waals surface area contributed by atoms with Crippen LogP contribution in [0.25, 0.3) is 0 Å². The zero-order valence-corrected chi connectivity index (χ0v) is 17.3. The zero-order valence-electron chi connectivity index (χ0n) is 17.3. The summed E-state index contributed by atoms with van der Waals surface area (Å²) < 4.78 is 16.8. The number of ether oxygens (including phenoxy) is 3. The van der Waals surface area contributed by atoms with Crippen molar-refractivity contribution >= 4 is 0 Å². The molecule has 26 heavy (non-hydrogen) atoms. The maximum atomic E-state index is 10.6. The third-order valence-electron chi connectivity index (χ3n) is 4.55. The number of hydrogen-bond donors (Lipinski definition) is 5. The smallest absolute Gasteiger partial charge is 0.120 e. The topological polar surface area (TPSA) is 118 Å². The molecule has 0 radical (unpaired) electrons. The molecule has 3 unspecified atom stereocenters. The summed E-state index contributed by atoms with van der Waals surface area (Å²) in [6.45, 7) is 9.20. The van der Waals surface area contributed by atoms with Crippen LogP contribution in [0.4, 0.5) is 0 Å². The first kappa shape index (κ1) is 25.7.